The molecule has 88 valence electrons. The molecule has 0 aliphatic rings. The minimum atomic E-state index is -0.865. The highest BCUT2D eigenvalue weighted by atomic mass is 16.4. The lowest BCUT2D eigenvalue weighted by Gasteiger charge is -2.23. The van der Waals surface area contributed by atoms with Crippen molar-refractivity contribution in [2.75, 3.05) is 26.7 Å². The van der Waals surface area contributed by atoms with Crippen molar-refractivity contribution >= 4 is 11.8 Å². The van der Waals surface area contributed by atoms with E-state index < -0.39 is 5.97 Å². The first kappa shape index (κ1) is 14.1. The molecule has 0 bridgehead atoms. The van der Waals surface area contributed by atoms with E-state index in [0.717, 1.165) is 0 Å². The summed E-state index contributed by atoms with van der Waals surface area (Å²) >= 11 is 0. The molecule has 0 aliphatic carbocycles. The molecule has 0 radical (unpaired) electrons. The number of carbonyl (C=O) groups excluding carboxylic acids is 1. The number of ketones is 1. The van der Waals surface area contributed by atoms with Crippen molar-refractivity contribution in [3.05, 3.63) is 0 Å². The van der Waals surface area contributed by atoms with Crippen LogP contribution in [0.2, 0.25) is 0 Å². The summed E-state index contributed by atoms with van der Waals surface area (Å²) < 4.78 is 0. The van der Waals surface area contributed by atoms with Gasteiger partial charge < -0.3 is 10.4 Å². The van der Waals surface area contributed by atoms with Gasteiger partial charge in [-0.2, -0.15) is 0 Å². The molecule has 0 aromatic heterocycles. The molecular weight excluding hydrogens is 196 g/mol. The van der Waals surface area contributed by atoms with Crippen LogP contribution in [0.1, 0.15) is 20.3 Å². The van der Waals surface area contributed by atoms with E-state index in [4.69, 9.17) is 5.11 Å². The molecule has 0 fully saturated rings. The first-order chi connectivity index (χ1) is 7.04. The second kappa shape index (κ2) is 7.36. The first-order valence-corrected chi connectivity index (χ1v) is 5.19. The quantitative estimate of drug-likeness (QED) is 0.596. The van der Waals surface area contributed by atoms with Gasteiger partial charge >= 0.3 is 5.97 Å². The van der Waals surface area contributed by atoms with Crippen LogP contribution >= 0.6 is 0 Å². The highest BCUT2D eigenvalue weighted by Crippen LogP contribution is 1.96. The van der Waals surface area contributed by atoms with E-state index in [1.54, 1.807) is 18.9 Å². The zero-order valence-corrected chi connectivity index (χ0v) is 9.62. The van der Waals surface area contributed by atoms with Gasteiger partial charge in [-0.15, -0.1) is 0 Å². The van der Waals surface area contributed by atoms with Crippen LogP contribution in [0.3, 0.4) is 0 Å². The molecule has 0 heterocycles. The Hall–Kier alpha value is -0.940. The van der Waals surface area contributed by atoms with Crippen LogP contribution in [0.25, 0.3) is 0 Å². The van der Waals surface area contributed by atoms with Crippen LogP contribution in [0.5, 0.6) is 0 Å². The van der Waals surface area contributed by atoms with Gasteiger partial charge in [0.15, 0.2) is 5.78 Å². The van der Waals surface area contributed by atoms with E-state index in [2.05, 4.69) is 5.32 Å². The van der Waals surface area contributed by atoms with Crippen LogP contribution in [-0.4, -0.2) is 54.5 Å². The van der Waals surface area contributed by atoms with Crippen LogP contribution in [0.4, 0.5) is 0 Å². The molecular formula is C10H20N2O3. The van der Waals surface area contributed by atoms with E-state index in [-0.39, 0.29) is 18.4 Å². The molecule has 0 aromatic rings. The monoisotopic (exact) mass is 216 g/mol. The van der Waals surface area contributed by atoms with E-state index in [9.17, 15) is 9.59 Å². The Bertz CT molecular complexity index is 219. The molecule has 0 spiro atoms. The third kappa shape index (κ3) is 5.49. The van der Waals surface area contributed by atoms with Crippen molar-refractivity contribution in [2.45, 2.75) is 26.3 Å². The van der Waals surface area contributed by atoms with Gasteiger partial charge in [0.05, 0.1) is 12.6 Å². The number of hydrogen-bond donors (Lipinski definition) is 2. The van der Waals surface area contributed by atoms with Crippen LogP contribution in [0, 0.1) is 0 Å². The fourth-order valence-corrected chi connectivity index (χ4v) is 1.36. The van der Waals surface area contributed by atoms with Crippen molar-refractivity contribution in [1.29, 1.82) is 0 Å². The minimum Gasteiger partial charge on any atom is -0.480 e. The smallest absolute Gasteiger partial charge is 0.317 e. The third-order valence-corrected chi connectivity index (χ3v) is 2.33. The number of carbonyl (C=O) groups is 2. The highest BCUT2D eigenvalue weighted by molar-refractivity contribution is 5.84. The molecule has 0 saturated heterocycles. The van der Waals surface area contributed by atoms with Crippen LogP contribution in [-0.2, 0) is 9.59 Å². The lowest BCUT2D eigenvalue weighted by atomic mass is 10.1. The lowest BCUT2D eigenvalue weighted by molar-refractivity contribution is -0.138. The summed E-state index contributed by atoms with van der Waals surface area (Å²) in [7, 11) is 1.72. The SMILES string of the molecule is CCC(=O)C(CN(CC)CC(=O)O)NC. The van der Waals surface area contributed by atoms with Crippen molar-refractivity contribution < 1.29 is 14.7 Å². The molecule has 0 rings (SSSR count). The fourth-order valence-electron chi connectivity index (χ4n) is 1.36. The number of likely N-dealkylation sites (N-methyl/N-ethyl adjacent to an activating group) is 2. The van der Waals surface area contributed by atoms with Crippen LogP contribution < -0.4 is 5.32 Å². The number of nitrogens with zero attached hydrogens (tertiary/aromatic N) is 1. The second-order valence-corrected chi connectivity index (χ2v) is 3.38. The summed E-state index contributed by atoms with van der Waals surface area (Å²) in [6.07, 6.45) is 0.468. The minimum absolute atomic E-state index is 0.0221. The predicted molar refractivity (Wildman–Crippen MR) is 57.9 cm³/mol. The summed E-state index contributed by atoms with van der Waals surface area (Å²) in [5.41, 5.74) is 0. The molecule has 5 heteroatoms. The van der Waals surface area contributed by atoms with Gasteiger partial charge in [-0.3, -0.25) is 14.5 Å². The molecule has 0 aliphatic heterocycles. The maximum absolute atomic E-state index is 11.4. The second-order valence-electron chi connectivity index (χ2n) is 3.38. The standard InChI is InChI=1S/C10H20N2O3/c1-4-9(13)8(11-3)6-12(5-2)7-10(14)15/h8,11H,4-7H2,1-3H3,(H,14,15). The van der Waals surface area contributed by atoms with Crippen molar-refractivity contribution in [3.8, 4) is 0 Å². The van der Waals surface area contributed by atoms with Gasteiger partial charge in [0.25, 0.3) is 0 Å². The Labute approximate surface area is 90.5 Å². The zero-order valence-electron chi connectivity index (χ0n) is 9.62. The summed E-state index contributed by atoms with van der Waals surface area (Å²) in [5.74, 6) is -0.753. The molecule has 15 heavy (non-hydrogen) atoms. The number of nitrogens with one attached hydrogen (secondary N) is 1. The highest BCUT2D eigenvalue weighted by Gasteiger charge is 2.18. The van der Waals surface area contributed by atoms with Gasteiger partial charge in [-0.25, -0.2) is 0 Å². The summed E-state index contributed by atoms with van der Waals surface area (Å²) in [4.78, 5) is 23.7. The van der Waals surface area contributed by atoms with E-state index in [0.29, 0.717) is 19.5 Å². The number of aliphatic carboxylic acids is 1. The average molecular weight is 216 g/mol. The number of rotatable bonds is 8. The largest absolute Gasteiger partial charge is 0.480 e. The van der Waals surface area contributed by atoms with Crippen LogP contribution in [0.15, 0.2) is 0 Å². The maximum Gasteiger partial charge on any atom is 0.317 e. The van der Waals surface area contributed by atoms with Gasteiger partial charge in [-0.05, 0) is 13.6 Å². The zero-order chi connectivity index (χ0) is 11.8. The summed E-state index contributed by atoms with van der Waals surface area (Å²) in [6, 6.07) is -0.269. The Balaban J connectivity index is 4.23. The Morgan fingerprint density at radius 3 is 2.33 bits per heavy atom. The number of carboxylic acids is 1. The maximum atomic E-state index is 11.4. The number of Topliss-reactive ketones (excluding diaryl/α,β-unsaturated/α-hetero) is 1. The lowest BCUT2D eigenvalue weighted by Crippen LogP contribution is -2.45. The van der Waals surface area contributed by atoms with Crippen molar-refractivity contribution in [2.24, 2.45) is 0 Å². The Kier molecular flexibility index (Phi) is 6.90. The number of carboxylic acid groups (broad SMARTS) is 1. The number of hydrogen-bond acceptors (Lipinski definition) is 4. The topological polar surface area (TPSA) is 69.6 Å². The third-order valence-electron chi connectivity index (χ3n) is 2.33. The summed E-state index contributed by atoms with van der Waals surface area (Å²) in [5, 5.41) is 11.6. The van der Waals surface area contributed by atoms with E-state index in [1.807, 2.05) is 6.92 Å². The molecule has 1 unspecified atom stereocenters. The Morgan fingerprint density at radius 2 is 2.00 bits per heavy atom. The molecule has 0 aromatic carbocycles. The average Bonchev–Trinajstić information content (AvgIpc) is 2.22. The normalized spacial score (nSPS) is 12.8. The molecule has 0 saturated carbocycles. The van der Waals surface area contributed by atoms with E-state index >= 15 is 0 Å². The van der Waals surface area contributed by atoms with Gasteiger partial charge in [0.2, 0.25) is 0 Å². The first-order valence-electron chi connectivity index (χ1n) is 5.19. The molecule has 0 amide bonds. The Morgan fingerprint density at radius 1 is 1.40 bits per heavy atom. The van der Waals surface area contributed by atoms with E-state index in [1.165, 1.54) is 0 Å². The van der Waals surface area contributed by atoms with Crippen molar-refractivity contribution in [1.82, 2.24) is 10.2 Å². The van der Waals surface area contributed by atoms with Gasteiger partial charge in [0, 0.05) is 13.0 Å². The summed E-state index contributed by atoms with van der Waals surface area (Å²) in [6.45, 7) is 4.74. The van der Waals surface area contributed by atoms with Crippen molar-refractivity contribution in [3.63, 3.8) is 0 Å². The van der Waals surface area contributed by atoms with Gasteiger partial charge in [0.1, 0.15) is 0 Å². The molecule has 5 nitrogen and oxygen atoms in total. The predicted octanol–water partition coefficient (Wildman–Crippen LogP) is -0.0400. The fraction of sp³-hybridized carbons (Fsp3) is 0.800. The molecule has 2 N–H and O–H groups in total. The van der Waals surface area contributed by atoms with Gasteiger partial charge in [-0.1, -0.05) is 13.8 Å². The molecule has 1 atom stereocenters.